The first kappa shape index (κ1) is 19.4. The average molecular weight is 400 g/mol. The lowest BCUT2D eigenvalue weighted by Gasteiger charge is -2.08. The lowest BCUT2D eigenvalue weighted by atomic mass is 10.2. The fourth-order valence-electron chi connectivity index (χ4n) is 2.35. The summed E-state index contributed by atoms with van der Waals surface area (Å²) in [6.07, 6.45) is 1.44. The Morgan fingerprint density at radius 1 is 1.29 bits per heavy atom. The number of azo groups is 1. The molecule has 1 aromatic carbocycles. The highest BCUT2D eigenvalue weighted by Gasteiger charge is 2.23. The summed E-state index contributed by atoms with van der Waals surface area (Å²) in [5, 5.41) is 21.2. The fraction of sp³-hybridized carbons (Fsp3) is 0.167. The van der Waals surface area contributed by atoms with Crippen molar-refractivity contribution in [1.29, 1.82) is 0 Å². The van der Waals surface area contributed by atoms with Gasteiger partial charge < -0.3 is 14.8 Å². The highest BCUT2D eigenvalue weighted by atomic mass is 32.2. The molecule has 0 saturated carbocycles. The molecule has 144 valence electrons. The SMILES string of the molecule is CC(=C1N=NC(CC(=O)Nc2ccc(C(=O)O)cc2)SC(=O)N1)c1ccco1. The molecule has 1 aliphatic rings. The van der Waals surface area contributed by atoms with Crippen LogP contribution in [0.25, 0.3) is 5.57 Å². The molecule has 2 heterocycles. The third kappa shape index (κ3) is 4.86. The van der Waals surface area contributed by atoms with E-state index in [0.717, 1.165) is 11.8 Å². The number of carbonyl (C=O) groups is 3. The summed E-state index contributed by atoms with van der Waals surface area (Å²) in [5.41, 5.74) is 1.18. The van der Waals surface area contributed by atoms with Gasteiger partial charge in [0.15, 0.2) is 5.82 Å². The lowest BCUT2D eigenvalue weighted by molar-refractivity contribution is -0.116. The van der Waals surface area contributed by atoms with E-state index in [9.17, 15) is 14.4 Å². The molecule has 0 radical (unpaired) electrons. The van der Waals surface area contributed by atoms with Gasteiger partial charge in [0, 0.05) is 11.3 Å². The van der Waals surface area contributed by atoms with Gasteiger partial charge in [0.25, 0.3) is 5.24 Å². The smallest absolute Gasteiger partial charge is 0.335 e. The van der Waals surface area contributed by atoms with Crippen molar-refractivity contribution in [1.82, 2.24) is 5.32 Å². The molecule has 3 rings (SSSR count). The van der Waals surface area contributed by atoms with Crippen molar-refractivity contribution in [2.75, 3.05) is 5.32 Å². The number of anilines is 1. The Morgan fingerprint density at radius 2 is 2.04 bits per heavy atom. The third-order valence-electron chi connectivity index (χ3n) is 3.77. The number of carbonyl (C=O) groups excluding carboxylic acids is 2. The number of thioether (sulfide) groups is 1. The molecular formula is C18H16N4O5S. The van der Waals surface area contributed by atoms with Crippen LogP contribution in [0.3, 0.4) is 0 Å². The number of hydrogen-bond acceptors (Lipinski definition) is 7. The Labute approximate surface area is 163 Å². The minimum atomic E-state index is -1.05. The molecule has 0 saturated heterocycles. The number of carboxylic acid groups (broad SMARTS) is 1. The molecule has 3 N–H and O–H groups in total. The van der Waals surface area contributed by atoms with E-state index >= 15 is 0 Å². The van der Waals surface area contributed by atoms with Crippen molar-refractivity contribution >= 4 is 40.1 Å². The van der Waals surface area contributed by atoms with Crippen LogP contribution in [0, 0.1) is 0 Å². The molecule has 1 aromatic heterocycles. The number of benzene rings is 1. The van der Waals surface area contributed by atoms with Crippen LogP contribution in [0.1, 0.15) is 29.5 Å². The van der Waals surface area contributed by atoms with E-state index in [2.05, 4.69) is 20.9 Å². The minimum Gasteiger partial charge on any atom is -0.478 e. The first-order valence-electron chi connectivity index (χ1n) is 8.19. The van der Waals surface area contributed by atoms with E-state index in [-0.39, 0.29) is 29.0 Å². The summed E-state index contributed by atoms with van der Waals surface area (Å²) in [6.45, 7) is 1.74. The summed E-state index contributed by atoms with van der Waals surface area (Å²) >= 11 is 0.857. The van der Waals surface area contributed by atoms with E-state index in [4.69, 9.17) is 9.52 Å². The number of nitrogens with zero attached hydrogens (tertiary/aromatic N) is 2. The van der Waals surface area contributed by atoms with Crippen LogP contribution >= 0.6 is 11.8 Å². The zero-order valence-electron chi connectivity index (χ0n) is 14.7. The van der Waals surface area contributed by atoms with E-state index in [0.29, 0.717) is 17.0 Å². The Bertz CT molecular complexity index is 951. The zero-order chi connectivity index (χ0) is 20.1. The molecule has 9 nitrogen and oxygen atoms in total. The zero-order valence-corrected chi connectivity index (χ0v) is 15.5. The van der Waals surface area contributed by atoms with Gasteiger partial charge in [-0.05, 0) is 55.1 Å². The maximum absolute atomic E-state index is 12.2. The van der Waals surface area contributed by atoms with Gasteiger partial charge in [-0.15, -0.1) is 5.11 Å². The van der Waals surface area contributed by atoms with Crippen molar-refractivity contribution in [2.24, 2.45) is 10.2 Å². The van der Waals surface area contributed by atoms with E-state index in [1.165, 1.54) is 30.5 Å². The number of rotatable bonds is 5. The number of carboxylic acids is 1. The van der Waals surface area contributed by atoms with E-state index in [1.54, 1.807) is 19.1 Å². The minimum absolute atomic E-state index is 0.0741. The molecular weight excluding hydrogens is 384 g/mol. The van der Waals surface area contributed by atoms with E-state index in [1.807, 2.05) is 0 Å². The van der Waals surface area contributed by atoms with Gasteiger partial charge >= 0.3 is 5.97 Å². The second-order valence-electron chi connectivity index (χ2n) is 5.79. The van der Waals surface area contributed by atoms with Crippen LogP contribution in [0.5, 0.6) is 0 Å². The Balaban J connectivity index is 1.66. The van der Waals surface area contributed by atoms with Gasteiger partial charge in [-0.1, -0.05) is 0 Å². The fourth-order valence-corrected chi connectivity index (χ4v) is 3.08. The number of aromatic carboxylic acids is 1. The number of furan rings is 1. The monoisotopic (exact) mass is 400 g/mol. The van der Waals surface area contributed by atoms with Gasteiger partial charge in [-0.3, -0.25) is 14.9 Å². The van der Waals surface area contributed by atoms with Gasteiger partial charge in [-0.2, -0.15) is 5.11 Å². The van der Waals surface area contributed by atoms with Gasteiger partial charge in [-0.25, -0.2) is 4.79 Å². The number of nitrogens with one attached hydrogen (secondary N) is 2. The average Bonchev–Trinajstić information content (AvgIpc) is 3.13. The van der Waals surface area contributed by atoms with Crippen LogP contribution in [-0.4, -0.2) is 27.6 Å². The molecule has 0 fully saturated rings. The van der Waals surface area contributed by atoms with E-state index < -0.39 is 11.3 Å². The van der Waals surface area contributed by atoms with Crippen LogP contribution < -0.4 is 10.6 Å². The Kier molecular flexibility index (Phi) is 5.90. The van der Waals surface area contributed by atoms with Crippen LogP contribution in [0.15, 0.2) is 63.1 Å². The molecule has 0 bridgehead atoms. The molecule has 28 heavy (non-hydrogen) atoms. The molecule has 1 aliphatic heterocycles. The van der Waals surface area contributed by atoms with Crippen LogP contribution in [-0.2, 0) is 4.79 Å². The van der Waals surface area contributed by atoms with Crippen molar-refractivity contribution in [2.45, 2.75) is 18.7 Å². The first-order valence-corrected chi connectivity index (χ1v) is 9.07. The highest BCUT2D eigenvalue weighted by molar-refractivity contribution is 8.14. The topological polar surface area (TPSA) is 133 Å². The predicted octanol–water partition coefficient (Wildman–Crippen LogP) is 3.93. The first-order chi connectivity index (χ1) is 13.4. The number of allylic oxidation sites excluding steroid dienone is 1. The summed E-state index contributed by atoms with van der Waals surface area (Å²) in [5.74, 6) is -0.602. The lowest BCUT2D eigenvalue weighted by Crippen LogP contribution is -2.20. The number of amides is 2. The van der Waals surface area contributed by atoms with Gasteiger partial charge in [0.05, 0.1) is 18.2 Å². The second-order valence-corrected chi connectivity index (χ2v) is 6.94. The molecule has 10 heteroatoms. The summed E-state index contributed by atoms with van der Waals surface area (Å²) in [7, 11) is 0. The molecule has 0 spiro atoms. The Morgan fingerprint density at radius 3 is 2.68 bits per heavy atom. The quantitative estimate of drug-likeness (QED) is 0.696. The predicted molar refractivity (Wildman–Crippen MR) is 103 cm³/mol. The Hall–Kier alpha value is -3.40. The summed E-state index contributed by atoms with van der Waals surface area (Å²) in [6, 6.07) is 9.22. The van der Waals surface area contributed by atoms with Gasteiger partial charge in [0.2, 0.25) is 5.91 Å². The van der Waals surface area contributed by atoms with Crippen LogP contribution in [0.2, 0.25) is 0 Å². The van der Waals surface area contributed by atoms with Gasteiger partial charge in [0.1, 0.15) is 11.1 Å². The van der Waals surface area contributed by atoms with Crippen molar-refractivity contribution in [3.05, 3.63) is 59.8 Å². The highest BCUT2D eigenvalue weighted by Crippen LogP contribution is 2.26. The summed E-state index contributed by atoms with van der Waals surface area (Å²) in [4.78, 5) is 35.2. The second kappa shape index (κ2) is 8.53. The molecule has 1 unspecified atom stereocenters. The molecule has 2 aromatic rings. The third-order valence-corrected chi connectivity index (χ3v) is 4.62. The van der Waals surface area contributed by atoms with Crippen molar-refractivity contribution in [3.8, 4) is 0 Å². The standard InChI is InChI=1S/C18H16N4O5S/c1-10(13-3-2-8-27-13)16-20-18(26)28-15(21-22-16)9-14(23)19-12-6-4-11(5-7-12)17(24)25/h2-8,15H,9H2,1H3,(H,19,23)(H,20,26)(H,24,25). The largest absolute Gasteiger partial charge is 0.478 e. The number of hydrogen-bond donors (Lipinski definition) is 3. The summed E-state index contributed by atoms with van der Waals surface area (Å²) < 4.78 is 5.29. The molecule has 1 atom stereocenters. The van der Waals surface area contributed by atoms with Crippen molar-refractivity contribution in [3.63, 3.8) is 0 Å². The molecule has 0 aliphatic carbocycles. The maximum atomic E-state index is 12.2. The van der Waals surface area contributed by atoms with Crippen molar-refractivity contribution < 1.29 is 23.9 Å². The maximum Gasteiger partial charge on any atom is 0.335 e. The normalized spacial score (nSPS) is 18.2. The molecule has 2 amide bonds. The van der Waals surface area contributed by atoms with Crippen LogP contribution in [0.4, 0.5) is 10.5 Å².